The van der Waals surface area contributed by atoms with Gasteiger partial charge in [0.15, 0.2) is 0 Å². The van der Waals surface area contributed by atoms with Gasteiger partial charge < -0.3 is 9.88 Å². The van der Waals surface area contributed by atoms with E-state index in [2.05, 4.69) is 10.3 Å². The number of aryl methyl sites for hydroxylation is 2. The number of amides is 1. The van der Waals surface area contributed by atoms with Crippen LogP contribution in [0.4, 0.5) is 18.9 Å². The van der Waals surface area contributed by atoms with Crippen LogP contribution in [0.25, 0.3) is 5.69 Å². The zero-order valence-corrected chi connectivity index (χ0v) is 16.0. The van der Waals surface area contributed by atoms with Crippen LogP contribution in [0.2, 0.25) is 0 Å². The van der Waals surface area contributed by atoms with Gasteiger partial charge in [0.2, 0.25) is 0 Å². The second-order valence-electron chi connectivity index (χ2n) is 7.50. The molecule has 1 heterocycles. The van der Waals surface area contributed by atoms with E-state index in [9.17, 15) is 18.0 Å². The topological polar surface area (TPSA) is 46.9 Å². The molecule has 4 rings (SSSR count). The molecule has 150 valence electrons. The number of aromatic nitrogens is 2. The Hall–Kier alpha value is -3.09. The van der Waals surface area contributed by atoms with Crippen molar-refractivity contribution in [1.82, 2.24) is 9.55 Å². The molecule has 1 aliphatic carbocycles. The molecular weight excluding hydrogens is 379 g/mol. The minimum atomic E-state index is -4.53. The largest absolute Gasteiger partial charge is 0.416 e. The summed E-state index contributed by atoms with van der Waals surface area (Å²) in [4.78, 5) is 16.9. The first-order chi connectivity index (χ1) is 13.7. The summed E-state index contributed by atoms with van der Waals surface area (Å²) in [6.45, 7) is 3.81. The molecule has 0 saturated heterocycles. The number of alkyl halides is 3. The van der Waals surface area contributed by atoms with E-state index in [1.165, 1.54) is 12.4 Å². The van der Waals surface area contributed by atoms with Gasteiger partial charge in [-0.15, -0.1) is 0 Å². The smallest absolute Gasteiger partial charge is 0.322 e. The van der Waals surface area contributed by atoms with Crippen LogP contribution in [0.5, 0.6) is 0 Å². The Morgan fingerprint density at radius 1 is 1.10 bits per heavy atom. The summed E-state index contributed by atoms with van der Waals surface area (Å²) in [6, 6.07) is 8.71. The molecule has 3 aromatic rings. The highest BCUT2D eigenvalue weighted by atomic mass is 19.4. The second-order valence-corrected chi connectivity index (χ2v) is 7.50. The summed E-state index contributed by atoms with van der Waals surface area (Å²) in [5.41, 5.74) is 2.80. The fourth-order valence-corrected chi connectivity index (χ4v) is 3.15. The number of rotatable bonds is 4. The number of halogens is 3. The second kappa shape index (κ2) is 7.06. The van der Waals surface area contributed by atoms with Gasteiger partial charge in [-0.05, 0) is 68.1 Å². The molecule has 0 radical (unpaired) electrons. The highest BCUT2D eigenvalue weighted by Crippen LogP contribution is 2.39. The van der Waals surface area contributed by atoms with Crippen LogP contribution in [-0.4, -0.2) is 15.5 Å². The summed E-state index contributed by atoms with van der Waals surface area (Å²) in [5.74, 6) is -0.0614. The molecule has 0 bridgehead atoms. The number of carbonyl (C=O) groups is 1. The summed E-state index contributed by atoms with van der Waals surface area (Å²) < 4.78 is 41.8. The van der Waals surface area contributed by atoms with E-state index in [-0.39, 0.29) is 5.69 Å². The third kappa shape index (κ3) is 4.18. The van der Waals surface area contributed by atoms with Gasteiger partial charge >= 0.3 is 6.18 Å². The quantitative estimate of drug-likeness (QED) is 0.617. The minimum Gasteiger partial charge on any atom is -0.322 e. The van der Waals surface area contributed by atoms with Crippen molar-refractivity contribution in [2.45, 2.75) is 38.8 Å². The van der Waals surface area contributed by atoms with Crippen LogP contribution in [0.1, 0.15) is 51.5 Å². The molecule has 2 aromatic carbocycles. The van der Waals surface area contributed by atoms with Crippen LogP contribution < -0.4 is 5.32 Å². The van der Waals surface area contributed by atoms with Crippen molar-refractivity contribution in [2.75, 3.05) is 5.32 Å². The van der Waals surface area contributed by atoms with E-state index in [0.29, 0.717) is 17.2 Å². The Kier molecular flexibility index (Phi) is 4.68. The summed E-state index contributed by atoms with van der Waals surface area (Å²) in [6.07, 6.45) is 0.837. The fraction of sp³-hybridized carbons (Fsp3) is 0.273. The van der Waals surface area contributed by atoms with Gasteiger partial charge in [-0.3, -0.25) is 4.79 Å². The molecule has 1 aromatic heterocycles. The van der Waals surface area contributed by atoms with Crippen LogP contribution in [0, 0.1) is 13.8 Å². The van der Waals surface area contributed by atoms with Gasteiger partial charge in [-0.25, -0.2) is 4.98 Å². The van der Waals surface area contributed by atoms with Gasteiger partial charge in [-0.1, -0.05) is 6.07 Å². The average molecular weight is 399 g/mol. The molecule has 1 saturated carbocycles. The fourth-order valence-electron chi connectivity index (χ4n) is 3.15. The normalized spacial score (nSPS) is 14.1. The number of hydrogen-bond acceptors (Lipinski definition) is 2. The maximum Gasteiger partial charge on any atom is 0.416 e. The monoisotopic (exact) mass is 399 g/mol. The lowest BCUT2D eigenvalue weighted by atomic mass is 10.1. The number of nitrogens with zero attached hydrogens (tertiary/aromatic N) is 2. The van der Waals surface area contributed by atoms with Crippen molar-refractivity contribution < 1.29 is 18.0 Å². The van der Waals surface area contributed by atoms with Gasteiger partial charge in [0.25, 0.3) is 5.91 Å². The molecule has 0 unspecified atom stereocenters. The molecule has 1 amide bonds. The molecule has 29 heavy (non-hydrogen) atoms. The lowest BCUT2D eigenvalue weighted by Crippen LogP contribution is -2.14. The molecule has 0 aliphatic heterocycles. The standard InChI is InChI=1S/C22H20F3N3O/c1-13-3-4-16(7-14(13)2)21(29)27-18-8-17(22(23,24)25)9-19(10-18)28-11-20(26-12-28)15-5-6-15/h3-4,7-12,15H,5-6H2,1-2H3,(H,27,29). The Morgan fingerprint density at radius 3 is 2.52 bits per heavy atom. The predicted molar refractivity (Wildman–Crippen MR) is 104 cm³/mol. The number of imidazole rings is 1. The van der Waals surface area contributed by atoms with Crippen LogP contribution >= 0.6 is 0 Å². The zero-order chi connectivity index (χ0) is 20.8. The Morgan fingerprint density at radius 2 is 1.86 bits per heavy atom. The predicted octanol–water partition coefficient (Wildman–Crippen LogP) is 5.64. The van der Waals surface area contributed by atoms with Crippen LogP contribution in [0.3, 0.4) is 0 Å². The molecular formula is C22H20F3N3O. The van der Waals surface area contributed by atoms with Gasteiger partial charge in [0, 0.05) is 29.1 Å². The molecule has 1 fully saturated rings. The van der Waals surface area contributed by atoms with Crippen molar-refractivity contribution in [3.8, 4) is 5.69 Å². The van der Waals surface area contributed by atoms with E-state index in [1.54, 1.807) is 22.9 Å². The van der Waals surface area contributed by atoms with Crippen molar-refractivity contribution >= 4 is 11.6 Å². The zero-order valence-electron chi connectivity index (χ0n) is 16.0. The first-order valence-corrected chi connectivity index (χ1v) is 9.36. The van der Waals surface area contributed by atoms with E-state index >= 15 is 0 Å². The van der Waals surface area contributed by atoms with Crippen LogP contribution in [0.15, 0.2) is 48.9 Å². The molecule has 0 atom stereocenters. The van der Waals surface area contributed by atoms with Gasteiger partial charge in [0.1, 0.15) is 0 Å². The molecule has 4 nitrogen and oxygen atoms in total. The van der Waals surface area contributed by atoms with E-state index < -0.39 is 17.6 Å². The molecule has 7 heteroatoms. The van der Waals surface area contributed by atoms with Gasteiger partial charge in [-0.2, -0.15) is 13.2 Å². The van der Waals surface area contributed by atoms with Crippen molar-refractivity contribution in [3.05, 3.63) is 76.9 Å². The highest BCUT2D eigenvalue weighted by molar-refractivity contribution is 6.04. The lowest BCUT2D eigenvalue weighted by molar-refractivity contribution is -0.137. The summed E-state index contributed by atoms with van der Waals surface area (Å²) in [5, 5.41) is 2.60. The van der Waals surface area contributed by atoms with Crippen molar-refractivity contribution in [2.24, 2.45) is 0 Å². The number of carbonyl (C=O) groups excluding carboxylic acids is 1. The molecule has 1 aliphatic rings. The molecule has 0 spiro atoms. The van der Waals surface area contributed by atoms with E-state index in [4.69, 9.17) is 0 Å². The summed E-state index contributed by atoms with van der Waals surface area (Å²) >= 11 is 0. The molecule has 1 N–H and O–H groups in total. The lowest BCUT2D eigenvalue weighted by Gasteiger charge is -2.14. The maximum absolute atomic E-state index is 13.4. The van der Waals surface area contributed by atoms with Crippen molar-refractivity contribution in [1.29, 1.82) is 0 Å². The summed E-state index contributed by atoms with van der Waals surface area (Å²) in [7, 11) is 0. The van der Waals surface area contributed by atoms with E-state index in [1.807, 2.05) is 19.9 Å². The third-order valence-electron chi connectivity index (χ3n) is 5.17. The van der Waals surface area contributed by atoms with Gasteiger partial charge in [0.05, 0.1) is 17.6 Å². The Balaban J connectivity index is 1.67. The maximum atomic E-state index is 13.4. The first-order valence-electron chi connectivity index (χ1n) is 9.36. The SMILES string of the molecule is Cc1ccc(C(=O)Nc2cc(-n3cnc(C4CC4)c3)cc(C(F)(F)F)c2)cc1C. The van der Waals surface area contributed by atoms with E-state index in [0.717, 1.165) is 41.8 Å². The highest BCUT2D eigenvalue weighted by Gasteiger charge is 2.32. The van der Waals surface area contributed by atoms with Crippen LogP contribution in [-0.2, 0) is 6.18 Å². The number of anilines is 1. The van der Waals surface area contributed by atoms with Crippen molar-refractivity contribution in [3.63, 3.8) is 0 Å². The Labute approximate surface area is 166 Å². The number of nitrogens with one attached hydrogen (secondary N) is 1. The average Bonchev–Trinajstić information content (AvgIpc) is 3.39. The third-order valence-corrected chi connectivity index (χ3v) is 5.17. The number of hydrogen-bond donors (Lipinski definition) is 1. The Bertz CT molecular complexity index is 1080. The minimum absolute atomic E-state index is 0.0831. The number of benzene rings is 2. The first kappa shape index (κ1) is 19.2.